The molecule has 2 N–H and O–H groups in total. The molecule has 3 heteroatoms. The highest BCUT2D eigenvalue weighted by atomic mass is 16.5. The van der Waals surface area contributed by atoms with E-state index in [1.807, 2.05) is 0 Å². The topological polar surface area (TPSA) is 38.5 Å². The van der Waals surface area contributed by atoms with E-state index in [2.05, 4.69) is 11.8 Å². The first-order valence-corrected chi connectivity index (χ1v) is 4.69. The third kappa shape index (κ3) is 3.09. The molecule has 1 heterocycles. The lowest BCUT2D eigenvalue weighted by Gasteiger charge is -2.17. The Morgan fingerprint density at radius 3 is 3.00 bits per heavy atom. The highest BCUT2D eigenvalue weighted by Gasteiger charge is 2.22. The number of rotatable bonds is 4. The number of methoxy groups -OCH3 is 1. The predicted molar refractivity (Wildman–Crippen MR) is 50.1 cm³/mol. The van der Waals surface area contributed by atoms with Crippen LogP contribution in [-0.2, 0) is 4.74 Å². The van der Waals surface area contributed by atoms with Crippen LogP contribution in [0.25, 0.3) is 0 Å². The summed E-state index contributed by atoms with van der Waals surface area (Å²) < 4.78 is 5.12. The molecule has 1 aliphatic rings. The van der Waals surface area contributed by atoms with Crippen molar-refractivity contribution in [3.05, 3.63) is 0 Å². The minimum atomic E-state index is 0.297. The second-order valence-corrected chi connectivity index (χ2v) is 3.85. The SMILES string of the molecule is COCC1CCN(CC(C)N)C1. The molecule has 0 amide bonds. The molecule has 0 aromatic heterocycles. The molecular formula is C9H20N2O. The van der Waals surface area contributed by atoms with Gasteiger partial charge in [0.2, 0.25) is 0 Å². The maximum Gasteiger partial charge on any atom is 0.0503 e. The monoisotopic (exact) mass is 172 g/mol. The van der Waals surface area contributed by atoms with Crippen LogP contribution in [0.5, 0.6) is 0 Å². The molecule has 1 rings (SSSR count). The van der Waals surface area contributed by atoms with Gasteiger partial charge in [0.1, 0.15) is 0 Å². The van der Waals surface area contributed by atoms with Crippen LogP contribution in [0, 0.1) is 5.92 Å². The van der Waals surface area contributed by atoms with E-state index < -0.39 is 0 Å². The molecule has 2 unspecified atom stereocenters. The molecule has 0 aromatic carbocycles. The van der Waals surface area contributed by atoms with Crippen molar-refractivity contribution in [1.82, 2.24) is 4.90 Å². The number of likely N-dealkylation sites (tertiary alicyclic amines) is 1. The summed E-state index contributed by atoms with van der Waals surface area (Å²) in [6, 6.07) is 0.297. The molecule has 1 fully saturated rings. The number of ether oxygens (including phenoxy) is 1. The summed E-state index contributed by atoms with van der Waals surface area (Å²) in [5.41, 5.74) is 5.72. The van der Waals surface area contributed by atoms with Crippen LogP contribution in [0.4, 0.5) is 0 Å². The van der Waals surface area contributed by atoms with Gasteiger partial charge in [-0.05, 0) is 25.8 Å². The number of hydrogen-bond donors (Lipinski definition) is 1. The van der Waals surface area contributed by atoms with Gasteiger partial charge in [0.25, 0.3) is 0 Å². The van der Waals surface area contributed by atoms with E-state index in [9.17, 15) is 0 Å². The van der Waals surface area contributed by atoms with Gasteiger partial charge in [-0.15, -0.1) is 0 Å². The number of nitrogens with zero attached hydrogens (tertiary/aromatic N) is 1. The van der Waals surface area contributed by atoms with E-state index in [4.69, 9.17) is 10.5 Å². The number of nitrogens with two attached hydrogens (primary N) is 1. The lowest BCUT2D eigenvalue weighted by atomic mass is 10.1. The smallest absolute Gasteiger partial charge is 0.0503 e. The van der Waals surface area contributed by atoms with Gasteiger partial charge >= 0.3 is 0 Å². The van der Waals surface area contributed by atoms with Crippen molar-refractivity contribution >= 4 is 0 Å². The summed E-state index contributed by atoms with van der Waals surface area (Å²) in [4.78, 5) is 2.42. The molecule has 0 radical (unpaired) electrons. The van der Waals surface area contributed by atoms with Crippen molar-refractivity contribution in [3.63, 3.8) is 0 Å². The highest BCUT2D eigenvalue weighted by Crippen LogP contribution is 2.15. The van der Waals surface area contributed by atoms with Gasteiger partial charge in [-0.1, -0.05) is 0 Å². The Balaban J connectivity index is 2.16. The maximum absolute atomic E-state index is 5.72. The van der Waals surface area contributed by atoms with Gasteiger partial charge in [0, 0.05) is 26.2 Å². The van der Waals surface area contributed by atoms with Gasteiger partial charge < -0.3 is 15.4 Å². The molecular weight excluding hydrogens is 152 g/mol. The Morgan fingerprint density at radius 2 is 2.42 bits per heavy atom. The van der Waals surface area contributed by atoms with Gasteiger partial charge in [0.05, 0.1) is 6.61 Å². The Bertz CT molecular complexity index is 128. The Hall–Kier alpha value is -0.120. The first kappa shape index (κ1) is 9.96. The first-order valence-electron chi connectivity index (χ1n) is 4.69. The Kier molecular flexibility index (Phi) is 3.98. The number of hydrogen-bond acceptors (Lipinski definition) is 3. The second-order valence-electron chi connectivity index (χ2n) is 3.85. The minimum absolute atomic E-state index is 0.297. The molecule has 72 valence electrons. The van der Waals surface area contributed by atoms with Crippen LogP contribution in [-0.4, -0.2) is 44.3 Å². The zero-order valence-corrected chi connectivity index (χ0v) is 8.12. The second kappa shape index (κ2) is 4.80. The summed E-state index contributed by atoms with van der Waals surface area (Å²) in [5, 5.41) is 0. The Labute approximate surface area is 74.9 Å². The average molecular weight is 172 g/mol. The molecule has 2 atom stereocenters. The van der Waals surface area contributed by atoms with Crippen LogP contribution >= 0.6 is 0 Å². The third-order valence-electron chi connectivity index (χ3n) is 2.32. The van der Waals surface area contributed by atoms with Crippen LogP contribution in [0.2, 0.25) is 0 Å². The van der Waals surface area contributed by atoms with Crippen LogP contribution in [0.3, 0.4) is 0 Å². The van der Waals surface area contributed by atoms with Crippen molar-refractivity contribution in [2.24, 2.45) is 11.7 Å². The third-order valence-corrected chi connectivity index (χ3v) is 2.32. The standard InChI is InChI=1S/C9H20N2O/c1-8(10)5-11-4-3-9(6-11)7-12-2/h8-9H,3-7,10H2,1-2H3. The van der Waals surface area contributed by atoms with Crippen LogP contribution in [0.1, 0.15) is 13.3 Å². The average Bonchev–Trinajstić information content (AvgIpc) is 2.36. The first-order chi connectivity index (χ1) is 5.72. The van der Waals surface area contributed by atoms with Crippen molar-refractivity contribution in [3.8, 4) is 0 Å². The molecule has 3 nitrogen and oxygen atoms in total. The van der Waals surface area contributed by atoms with E-state index >= 15 is 0 Å². The van der Waals surface area contributed by atoms with Crippen molar-refractivity contribution < 1.29 is 4.74 Å². The predicted octanol–water partition coefficient (Wildman–Crippen LogP) is 0.302. The largest absolute Gasteiger partial charge is 0.384 e. The van der Waals surface area contributed by atoms with Gasteiger partial charge in [0.15, 0.2) is 0 Å². The zero-order chi connectivity index (χ0) is 8.97. The quantitative estimate of drug-likeness (QED) is 0.663. The highest BCUT2D eigenvalue weighted by molar-refractivity contribution is 4.76. The fraction of sp³-hybridized carbons (Fsp3) is 1.00. The summed E-state index contributed by atoms with van der Waals surface area (Å²) in [5.74, 6) is 0.730. The minimum Gasteiger partial charge on any atom is -0.384 e. The fourth-order valence-corrected chi connectivity index (χ4v) is 1.86. The molecule has 0 bridgehead atoms. The molecule has 0 aromatic rings. The van der Waals surface area contributed by atoms with Crippen molar-refractivity contribution in [2.75, 3.05) is 33.4 Å². The van der Waals surface area contributed by atoms with Gasteiger partial charge in [-0.25, -0.2) is 0 Å². The van der Waals surface area contributed by atoms with Crippen molar-refractivity contribution in [1.29, 1.82) is 0 Å². The van der Waals surface area contributed by atoms with Crippen molar-refractivity contribution in [2.45, 2.75) is 19.4 Å². The van der Waals surface area contributed by atoms with Gasteiger partial charge in [-0.2, -0.15) is 0 Å². The van der Waals surface area contributed by atoms with E-state index in [-0.39, 0.29) is 0 Å². The molecule has 0 spiro atoms. The maximum atomic E-state index is 5.72. The van der Waals surface area contributed by atoms with E-state index in [0.717, 1.165) is 25.6 Å². The zero-order valence-electron chi connectivity index (χ0n) is 8.12. The lowest BCUT2D eigenvalue weighted by Crippen LogP contribution is -2.34. The normalized spacial score (nSPS) is 27.8. The van der Waals surface area contributed by atoms with E-state index in [0.29, 0.717) is 6.04 Å². The summed E-state index contributed by atoms with van der Waals surface area (Å²) >= 11 is 0. The van der Waals surface area contributed by atoms with E-state index in [1.54, 1.807) is 7.11 Å². The Morgan fingerprint density at radius 1 is 1.67 bits per heavy atom. The van der Waals surface area contributed by atoms with E-state index in [1.165, 1.54) is 13.0 Å². The molecule has 12 heavy (non-hydrogen) atoms. The summed E-state index contributed by atoms with van der Waals surface area (Å²) in [7, 11) is 1.77. The molecule has 1 aliphatic heterocycles. The fourth-order valence-electron chi connectivity index (χ4n) is 1.86. The molecule has 1 saturated heterocycles. The van der Waals surface area contributed by atoms with Crippen LogP contribution < -0.4 is 5.73 Å². The summed E-state index contributed by atoms with van der Waals surface area (Å²) in [6.45, 7) is 6.34. The molecule has 0 saturated carbocycles. The lowest BCUT2D eigenvalue weighted by molar-refractivity contribution is 0.153. The molecule has 0 aliphatic carbocycles. The van der Waals surface area contributed by atoms with Crippen LogP contribution in [0.15, 0.2) is 0 Å². The summed E-state index contributed by atoms with van der Waals surface area (Å²) in [6.07, 6.45) is 1.26. The van der Waals surface area contributed by atoms with Gasteiger partial charge in [-0.3, -0.25) is 0 Å².